The summed E-state index contributed by atoms with van der Waals surface area (Å²) >= 11 is 0. The van der Waals surface area contributed by atoms with Crippen molar-refractivity contribution >= 4 is 11.9 Å². The van der Waals surface area contributed by atoms with Crippen LogP contribution < -0.4 is 5.73 Å². The molecule has 0 aliphatic heterocycles. The first-order chi connectivity index (χ1) is 11.2. The van der Waals surface area contributed by atoms with Gasteiger partial charge < -0.3 is 10.8 Å². The molecule has 0 saturated carbocycles. The highest BCUT2D eigenvalue weighted by Crippen LogP contribution is 2.31. The van der Waals surface area contributed by atoms with Crippen molar-refractivity contribution in [2.45, 2.75) is 18.5 Å². The highest BCUT2D eigenvalue weighted by Gasteiger charge is 2.30. The van der Waals surface area contributed by atoms with Crippen molar-refractivity contribution in [2.24, 2.45) is 5.73 Å². The second-order valence-electron chi connectivity index (χ2n) is 5.25. The Bertz CT molecular complexity index is 737. The Labute approximate surface area is 135 Å². The Hall–Kier alpha value is -2.83. The van der Waals surface area contributed by atoms with Crippen molar-refractivity contribution in [1.82, 2.24) is 0 Å². The van der Waals surface area contributed by atoms with Gasteiger partial charge in [0.2, 0.25) is 5.91 Å². The molecule has 126 valence electrons. The minimum atomic E-state index is -4.39. The maximum atomic E-state index is 12.6. The third kappa shape index (κ3) is 4.13. The molecule has 0 heterocycles. The zero-order chi connectivity index (χ0) is 17.9. The largest absolute Gasteiger partial charge is 0.481 e. The third-order valence-corrected chi connectivity index (χ3v) is 3.58. The first kappa shape index (κ1) is 17.5. The number of amides is 1. The number of benzene rings is 2. The lowest BCUT2D eigenvalue weighted by Gasteiger charge is -2.12. The monoisotopic (exact) mass is 337 g/mol. The summed E-state index contributed by atoms with van der Waals surface area (Å²) in [5.74, 6) is -2.85. The van der Waals surface area contributed by atoms with E-state index in [2.05, 4.69) is 0 Å². The molecule has 0 aliphatic rings. The highest BCUT2D eigenvalue weighted by atomic mass is 19.4. The molecule has 0 bridgehead atoms. The van der Waals surface area contributed by atoms with E-state index >= 15 is 0 Å². The number of hydrogen-bond acceptors (Lipinski definition) is 2. The number of rotatable bonds is 5. The first-order valence-electron chi connectivity index (χ1n) is 6.97. The molecule has 0 spiro atoms. The van der Waals surface area contributed by atoms with Gasteiger partial charge in [0.1, 0.15) is 0 Å². The number of nitrogens with two attached hydrogens (primary N) is 1. The number of alkyl halides is 3. The number of carboxylic acids is 1. The minimum Gasteiger partial charge on any atom is -0.481 e. The van der Waals surface area contributed by atoms with E-state index in [1.807, 2.05) is 0 Å². The number of carbonyl (C=O) groups is 2. The van der Waals surface area contributed by atoms with E-state index in [1.54, 1.807) is 24.3 Å². The van der Waals surface area contributed by atoms with E-state index in [0.717, 1.165) is 12.1 Å². The Balaban J connectivity index is 2.25. The van der Waals surface area contributed by atoms with Gasteiger partial charge in [-0.25, -0.2) is 0 Å². The predicted octanol–water partition coefficient (Wildman–Crippen LogP) is 3.42. The van der Waals surface area contributed by atoms with Gasteiger partial charge in [0.15, 0.2) is 0 Å². The van der Waals surface area contributed by atoms with Crippen LogP contribution in [0.4, 0.5) is 13.2 Å². The fraction of sp³-hybridized carbons (Fsp3) is 0.176. The normalized spacial score (nSPS) is 12.6. The van der Waals surface area contributed by atoms with Crippen LogP contribution in [0.15, 0.2) is 48.5 Å². The molecule has 1 unspecified atom stereocenters. The number of hydrogen-bond donors (Lipinski definition) is 2. The number of carboxylic acid groups (broad SMARTS) is 1. The zero-order valence-electron chi connectivity index (χ0n) is 12.4. The second kappa shape index (κ2) is 6.74. The molecule has 2 aromatic rings. The fourth-order valence-corrected chi connectivity index (χ4v) is 2.32. The Morgan fingerprint density at radius 2 is 1.42 bits per heavy atom. The van der Waals surface area contributed by atoms with Crippen molar-refractivity contribution in [2.75, 3.05) is 0 Å². The van der Waals surface area contributed by atoms with Gasteiger partial charge in [-0.2, -0.15) is 13.2 Å². The summed E-state index contributed by atoms with van der Waals surface area (Å²) in [7, 11) is 0. The van der Waals surface area contributed by atoms with Crippen LogP contribution >= 0.6 is 0 Å². The van der Waals surface area contributed by atoms with E-state index < -0.39 is 36.0 Å². The smallest absolute Gasteiger partial charge is 0.416 e. The summed E-state index contributed by atoms with van der Waals surface area (Å²) < 4.78 is 37.7. The van der Waals surface area contributed by atoms with Crippen LogP contribution in [0.5, 0.6) is 0 Å². The Morgan fingerprint density at radius 3 is 1.79 bits per heavy atom. The topological polar surface area (TPSA) is 80.4 Å². The van der Waals surface area contributed by atoms with Crippen LogP contribution in [0.3, 0.4) is 0 Å². The third-order valence-electron chi connectivity index (χ3n) is 3.58. The minimum absolute atomic E-state index is 0.422. The molecule has 2 aromatic carbocycles. The molecule has 1 amide bonds. The Morgan fingerprint density at radius 1 is 0.958 bits per heavy atom. The van der Waals surface area contributed by atoms with E-state index in [-0.39, 0.29) is 0 Å². The molecule has 7 heteroatoms. The number of carbonyl (C=O) groups excluding carboxylic acids is 1. The lowest BCUT2D eigenvalue weighted by molar-refractivity contribution is -0.139. The number of primary amides is 1. The summed E-state index contributed by atoms with van der Waals surface area (Å²) in [4.78, 5) is 22.2. The van der Waals surface area contributed by atoms with Crippen LogP contribution in [-0.2, 0) is 15.8 Å². The van der Waals surface area contributed by atoms with Gasteiger partial charge in [0.25, 0.3) is 0 Å². The summed E-state index contributed by atoms with van der Waals surface area (Å²) in [5, 5.41) is 8.82. The molecule has 0 aliphatic carbocycles. The number of aliphatic carboxylic acids is 1. The quantitative estimate of drug-likeness (QED) is 0.877. The highest BCUT2D eigenvalue weighted by molar-refractivity contribution is 5.86. The summed E-state index contributed by atoms with van der Waals surface area (Å²) in [6.07, 6.45) is -4.82. The summed E-state index contributed by atoms with van der Waals surface area (Å²) in [6, 6.07) is 11.0. The van der Waals surface area contributed by atoms with Crippen LogP contribution in [0, 0.1) is 0 Å². The van der Waals surface area contributed by atoms with Gasteiger partial charge in [-0.3, -0.25) is 9.59 Å². The average molecular weight is 337 g/mol. The molecule has 2 rings (SSSR count). The standard InChI is InChI=1S/C17H14F3NO3/c18-17(19,20)13-7-5-11(6-8-13)10-1-3-12(4-2-10)14(16(21)24)9-15(22)23/h1-8,14H,9H2,(H2,21,24)(H,22,23). The molecular formula is C17H14F3NO3. The maximum absolute atomic E-state index is 12.6. The van der Waals surface area contributed by atoms with Gasteiger partial charge in [0.05, 0.1) is 17.9 Å². The SMILES string of the molecule is NC(=O)C(CC(=O)O)c1ccc(-c2ccc(C(F)(F)F)cc2)cc1. The summed E-state index contributed by atoms with van der Waals surface area (Å²) in [5.41, 5.74) is 6.14. The van der Waals surface area contributed by atoms with Gasteiger partial charge in [-0.1, -0.05) is 36.4 Å². The van der Waals surface area contributed by atoms with Crippen LogP contribution in [0.25, 0.3) is 11.1 Å². The molecule has 0 saturated heterocycles. The van der Waals surface area contributed by atoms with Crippen LogP contribution in [0.1, 0.15) is 23.5 Å². The maximum Gasteiger partial charge on any atom is 0.416 e. The van der Waals surface area contributed by atoms with Gasteiger partial charge in [0, 0.05) is 0 Å². The molecule has 0 radical (unpaired) electrons. The van der Waals surface area contributed by atoms with Gasteiger partial charge in [-0.05, 0) is 28.8 Å². The molecule has 3 N–H and O–H groups in total. The van der Waals surface area contributed by atoms with Crippen molar-refractivity contribution in [3.63, 3.8) is 0 Å². The van der Waals surface area contributed by atoms with Crippen LogP contribution in [0.2, 0.25) is 0 Å². The van der Waals surface area contributed by atoms with Gasteiger partial charge in [-0.15, -0.1) is 0 Å². The fourth-order valence-electron chi connectivity index (χ4n) is 2.32. The second-order valence-corrected chi connectivity index (χ2v) is 5.25. The first-order valence-corrected chi connectivity index (χ1v) is 6.97. The molecule has 24 heavy (non-hydrogen) atoms. The average Bonchev–Trinajstić information content (AvgIpc) is 2.52. The van der Waals surface area contributed by atoms with E-state index in [0.29, 0.717) is 16.7 Å². The Kier molecular flexibility index (Phi) is 4.92. The number of halogens is 3. The summed E-state index contributed by atoms with van der Waals surface area (Å²) in [6.45, 7) is 0. The predicted molar refractivity (Wildman–Crippen MR) is 81.1 cm³/mol. The molecule has 4 nitrogen and oxygen atoms in total. The molecule has 0 aromatic heterocycles. The molecular weight excluding hydrogens is 323 g/mol. The van der Waals surface area contributed by atoms with Crippen molar-refractivity contribution < 1.29 is 27.9 Å². The molecule has 0 fully saturated rings. The van der Waals surface area contributed by atoms with E-state index in [9.17, 15) is 22.8 Å². The van der Waals surface area contributed by atoms with Crippen molar-refractivity contribution in [3.05, 3.63) is 59.7 Å². The van der Waals surface area contributed by atoms with Crippen molar-refractivity contribution in [3.8, 4) is 11.1 Å². The molecule has 1 atom stereocenters. The van der Waals surface area contributed by atoms with Crippen molar-refractivity contribution in [1.29, 1.82) is 0 Å². The van der Waals surface area contributed by atoms with Crippen LogP contribution in [-0.4, -0.2) is 17.0 Å². The lowest BCUT2D eigenvalue weighted by Crippen LogP contribution is -2.23. The zero-order valence-corrected chi connectivity index (χ0v) is 12.4. The van der Waals surface area contributed by atoms with E-state index in [4.69, 9.17) is 10.8 Å². The lowest BCUT2D eigenvalue weighted by atomic mass is 9.93. The van der Waals surface area contributed by atoms with E-state index in [1.165, 1.54) is 12.1 Å². The van der Waals surface area contributed by atoms with Gasteiger partial charge >= 0.3 is 12.1 Å².